The molecule has 0 unspecified atom stereocenters. The Balaban J connectivity index is 1.24. The highest BCUT2D eigenvalue weighted by Gasteiger charge is 2.14. The molecule has 0 aliphatic heterocycles. The fraction of sp³-hybridized carbons (Fsp3) is 0.0303. The van der Waals surface area contributed by atoms with Gasteiger partial charge < -0.3 is 4.42 Å². The van der Waals surface area contributed by atoms with Crippen LogP contribution in [0.25, 0.3) is 55.3 Å². The Morgan fingerprint density at radius 3 is 2.47 bits per heavy atom. The summed E-state index contributed by atoms with van der Waals surface area (Å²) < 4.78 is 9.94. The summed E-state index contributed by atoms with van der Waals surface area (Å²) in [5.74, 6) is 0.885. The summed E-state index contributed by atoms with van der Waals surface area (Å²) in [5, 5.41) is 3.48. The SMILES string of the molecule is c1cc(Cc2ccc3c4ccccc4n(-c4cc5ccoc5cn4)c3c2)cc(-n2cnc3ccccc32)c1. The molecule has 8 aromatic rings. The second-order valence-corrected chi connectivity index (χ2v) is 9.65. The number of nitrogens with zero attached hydrogens (tertiary/aromatic N) is 4. The normalized spacial score (nSPS) is 11.8. The van der Waals surface area contributed by atoms with Crippen molar-refractivity contribution in [2.24, 2.45) is 0 Å². The molecular weight excluding hydrogens is 468 g/mol. The fourth-order valence-electron chi connectivity index (χ4n) is 5.57. The Hall–Kier alpha value is -5.16. The molecule has 0 spiro atoms. The average Bonchev–Trinajstić information content (AvgIpc) is 3.68. The number of hydrogen-bond acceptors (Lipinski definition) is 3. The summed E-state index contributed by atoms with van der Waals surface area (Å²) in [7, 11) is 0. The van der Waals surface area contributed by atoms with Crippen molar-refractivity contribution in [3.8, 4) is 11.5 Å². The summed E-state index contributed by atoms with van der Waals surface area (Å²) >= 11 is 0. The zero-order chi connectivity index (χ0) is 25.1. The van der Waals surface area contributed by atoms with E-state index in [1.807, 2.05) is 24.5 Å². The van der Waals surface area contributed by atoms with E-state index in [4.69, 9.17) is 9.40 Å². The Morgan fingerprint density at radius 1 is 0.658 bits per heavy atom. The number of furan rings is 1. The van der Waals surface area contributed by atoms with Gasteiger partial charge in [0.15, 0.2) is 5.58 Å². The van der Waals surface area contributed by atoms with Gasteiger partial charge in [-0.05, 0) is 66.1 Å². The van der Waals surface area contributed by atoms with Crippen molar-refractivity contribution in [1.29, 1.82) is 0 Å². The van der Waals surface area contributed by atoms with E-state index < -0.39 is 0 Å². The molecule has 0 saturated heterocycles. The number of benzene rings is 4. The van der Waals surface area contributed by atoms with Crippen molar-refractivity contribution >= 4 is 43.8 Å². The molecule has 0 amide bonds. The number of fused-ring (bicyclic) bond motifs is 5. The Bertz CT molecular complexity index is 2130. The minimum absolute atomic E-state index is 0.792. The predicted octanol–water partition coefficient (Wildman–Crippen LogP) is 7.85. The molecule has 5 nitrogen and oxygen atoms in total. The highest BCUT2D eigenvalue weighted by atomic mass is 16.3. The lowest BCUT2D eigenvalue weighted by molar-refractivity contribution is 0.614. The van der Waals surface area contributed by atoms with Crippen LogP contribution in [0, 0.1) is 0 Å². The number of imidazole rings is 1. The van der Waals surface area contributed by atoms with E-state index in [0.29, 0.717) is 0 Å². The first-order chi connectivity index (χ1) is 18.8. The van der Waals surface area contributed by atoms with E-state index in [1.54, 1.807) is 12.5 Å². The fourth-order valence-corrected chi connectivity index (χ4v) is 5.57. The maximum Gasteiger partial charge on any atom is 0.152 e. The van der Waals surface area contributed by atoms with Gasteiger partial charge >= 0.3 is 0 Å². The second-order valence-electron chi connectivity index (χ2n) is 9.65. The molecule has 0 N–H and O–H groups in total. The van der Waals surface area contributed by atoms with Crippen LogP contribution in [0.3, 0.4) is 0 Å². The van der Waals surface area contributed by atoms with E-state index in [2.05, 4.69) is 99.0 Å². The van der Waals surface area contributed by atoms with Crippen LogP contribution in [0.4, 0.5) is 0 Å². The van der Waals surface area contributed by atoms with Crippen molar-refractivity contribution in [2.45, 2.75) is 6.42 Å². The minimum Gasteiger partial charge on any atom is -0.463 e. The quantitative estimate of drug-likeness (QED) is 0.252. The molecule has 38 heavy (non-hydrogen) atoms. The molecule has 0 radical (unpaired) electrons. The standard InChI is InChI=1S/C33H22N4O/c1-3-10-29-26(8-1)27-13-12-23(18-31(27)37(29)33-19-24-14-15-38-32(24)20-34-33)16-22-6-5-7-25(17-22)36-21-35-28-9-2-4-11-30(28)36/h1-15,17-21H,16H2. The van der Waals surface area contributed by atoms with Crippen LogP contribution in [0.15, 0.2) is 126 Å². The van der Waals surface area contributed by atoms with Gasteiger partial charge in [0.25, 0.3) is 0 Å². The van der Waals surface area contributed by atoms with Crippen molar-refractivity contribution in [1.82, 2.24) is 19.1 Å². The third-order valence-electron chi connectivity index (χ3n) is 7.34. The molecule has 0 bridgehead atoms. The van der Waals surface area contributed by atoms with E-state index in [-0.39, 0.29) is 0 Å². The molecule has 4 heterocycles. The highest BCUT2D eigenvalue weighted by Crippen LogP contribution is 2.33. The first kappa shape index (κ1) is 21.0. The minimum atomic E-state index is 0.792. The van der Waals surface area contributed by atoms with Gasteiger partial charge in [-0.1, -0.05) is 54.6 Å². The lowest BCUT2D eigenvalue weighted by Crippen LogP contribution is -1.98. The second kappa shape index (κ2) is 8.18. The molecule has 4 aromatic carbocycles. The average molecular weight is 491 g/mol. The summed E-state index contributed by atoms with van der Waals surface area (Å²) in [5.41, 5.74) is 8.81. The van der Waals surface area contributed by atoms with Gasteiger partial charge in [0, 0.05) is 21.8 Å². The molecule has 0 aliphatic carbocycles. The molecule has 8 rings (SSSR count). The lowest BCUT2D eigenvalue weighted by Gasteiger charge is -2.10. The zero-order valence-corrected chi connectivity index (χ0v) is 20.5. The van der Waals surface area contributed by atoms with Gasteiger partial charge in [-0.3, -0.25) is 9.13 Å². The monoisotopic (exact) mass is 490 g/mol. The zero-order valence-electron chi connectivity index (χ0n) is 20.5. The molecule has 5 heteroatoms. The van der Waals surface area contributed by atoms with Gasteiger partial charge in [-0.25, -0.2) is 9.97 Å². The molecule has 180 valence electrons. The third kappa shape index (κ3) is 3.26. The smallest absolute Gasteiger partial charge is 0.152 e. The molecular formula is C33H22N4O. The summed E-state index contributed by atoms with van der Waals surface area (Å²) in [6, 6.07) is 36.3. The lowest BCUT2D eigenvalue weighted by atomic mass is 10.0. The first-order valence-electron chi connectivity index (χ1n) is 12.7. The van der Waals surface area contributed by atoms with Crippen LogP contribution in [0.5, 0.6) is 0 Å². The van der Waals surface area contributed by atoms with Crippen LogP contribution < -0.4 is 0 Å². The molecule has 0 atom stereocenters. The van der Waals surface area contributed by atoms with Gasteiger partial charge in [-0.2, -0.15) is 0 Å². The van der Waals surface area contributed by atoms with Gasteiger partial charge in [0.2, 0.25) is 0 Å². The van der Waals surface area contributed by atoms with Crippen LogP contribution >= 0.6 is 0 Å². The third-order valence-corrected chi connectivity index (χ3v) is 7.34. The van der Waals surface area contributed by atoms with Crippen molar-refractivity contribution < 1.29 is 4.42 Å². The van der Waals surface area contributed by atoms with E-state index >= 15 is 0 Å². The van der Waals surface area contributed by atoms with E-state index in [0.717, 1.165) is 51.0 Å². The van der Waals surface area contributed by atoms with Crippen LogP contribution in [-0.4, -0.2) is 19.1 Å². The maximum atomic E-state index is 5.53. The number of pyridine rings is 1. The van der Waals surface area contributed by atoms with Crippen LogP contribution in [0.1, 0.15) is 11.1 Å². The highest BCUT2D eigenvalue weighted by molar-refractivity contribution is 6.09. The van der Waals surface area contributed by atoms with E-state index in [9.17, 15) is 0 Å². The summed E-state index contributed by atoms with van der Waals surface area (Å²) in [6.45, 7) is 0. The van der Waals surface area contributed by atoms with Gasteiger partial charge in [0.05, 0.1) is 34.5 Å². The number of para-hydroxylation sites is 3. The molecule has 4 aromatic heterocycles. The predicted molar refractivity (Wildman–Crippen MR) is 152 cm³/mol. The molecule has 0 fully saturated rings. The summed E-state index contributed by atoms with van der Waals surface area (Å²) in [6.07, 6.45) is 6.24. The number of rotatable bonds is 4. The molecule has 0 aliphatic rings. The maximum absolute atomic E-state index is 5.53. The molecule has 0 saturated carbocycles. The summed E-state index contributed by atoms with van der Waals surface area (Å²) in [4.78, 5) is 9.33. The Morgan fingerprint density at radius 2 is 1.50 bits per heavy atom. The first-order valence-corrected chi connectivity index (χ1v) is 12.7. The topological polar surface area (TPSA) is 48.8 Å². The van der Waals surface area contributed by atoms with Crippen molar-refractivity contribution in [2.75, 3.05) is 0 Å². The Labute approximate surface area is 218 Å². The largest absolute Gasteiger partial charge is 0.463 e. The van der Waals surface area contributed by atoms with Crippen LogP contribution in [0.2, 0.25) is 0 Å². The Kier molecular flexibility index (Phi) is 4.52. The van der Waals surface area contributed by atoms with Crippen LogP contribution in [-0.2, 0) is 6.42 Å². The van der Waals surface area contributed by atoms with Crippen molar-refractivity contribution in [3.05, 3.63) is 133 Å². The number of hydrogen-bond donors (Lipinski definition) is 0. The van der Waals surface area contributed by atoms with Gasteiger partial charge in [-0.15, -0.1) is 0 Å². The number of aromatic nitrogens is 4. The van der Waals surface area contributed by atoms with Gasteiger partial charge in [0.1, 0.15) is 12.1 Å². The van der Waals surface area contributed by atoms with E-state index in [1.165, 1.54) is 21.9 Å². The van der Waals surface area contributed by atoms with Crippen molar-refractivity contribution in [3.63, 3.8) is 0 Å².